The van der Waals surface area contributed by atoms with E-state index in [9.17, 15) is 14.4 Å². The number of aromatic nitrogens is 2. The van der Waals surface area contributed by atoms with Gasteiger partial charge in [-0.1, -0.05) is 24.4 Å². The van der Waals surface area contributed by atoms with Crippen molar-refractivity contribution in [3.05, 3.63) is 64.6 Å². The average Bonchev–Trinajstić information content (AvgIpc) is 3.46. The number of ether oxygens (including phenoxy) is 2. The number of hydrogen-bond donors (Lipinski definition) is 6. The van der Waals surface area contributed by atoms with E-state index in [-0.39, 0.29) is 12.3 Å². The first-order chi connectivity index (χ1) is 21.7. The monoisotopic (exact) mass is 637 g/mol. The molecule has 238 valence electrons. The second-order valence-corrected chi connectivity index (χ2v) is 10.4. The van der Waals surface area contributed by atoms with Crippen LogP contribution in [-0.2, 0) is 14.3 Å². The van der Waals surface area contributed by atoms with Crippen molar-refractivity contribution < 1.29 is 23.9 Å². The number of nitrogens with two attached hydrogens (primary N) is 2. The van der Waals surface area contributed by atoms with Crippen LogP contribution in [0.15, 0.2) is 47.6 Å². The van der Waals surface area contributed by atoms with E-state index < -0.39 is 24.0 Å². The van der Waals surface area contributed by atoms with Crippen molar-refractivity contribution in [2.75, 3.05) is 35.9 Å². The predicted molar refractivity (Wildman–Crippen MR) is 174 cm³/mol. The van der Waals surface area contributed by atoms with Crippen LogP contribution in [0, 0.1) is 0 Å². The van der Waals surface area contributed by atoms with Crippen LogP contribution in [-0.4, -0.2) is 54.5 Å². The van der Waals surface area contributed by atoms with E-state index in [1.54, 1.807) is 49.4 Å². The molecule has 1 aliphatic rings. The molecule has 2 aromatic carbocycles. The number of hydrogen-bond acceptors (Lipinski definition) is 10. The molecular weight excluding hydrogens is 602 g/mol. The fourth-order valence-electron chi connectivity index (χ4n) is 4.81. The SMILES string of the molecule is CCOC(=O)c1[nH]c2nc1-c1ccc(NC(=O)OC)cc1NCCCCC[C@@H]2NC(=O)/C=C/c1cc(Cl)ccc1N(N)/C=N\N. The maximum Gasteiger partial charge on any atom is 0.411 e. The smallest absolute Gasteiger partial charge is 0.411 e. The molecule has 0 radical (unpaired) electrons. The van der Waals surface area contributed by atoms with Gasteiger partial charge in [-0.3, -0.25) is 15.1 Å². The molecule has 45 heavy (non-hydrogen) atoms. The lowest BCUT2D eigenvalue weighted by Gasteiger charge is -2.18. The molecule has 0 spiro atoms. The number of hydrazine groups is 1. The number of hydrazone groups is 1. The zero-order chi connectivity index (χ0) is 32.3. The molecule has 15 heteroatoms. The number of anilines is 3. The van der Waals surface area contributed by atoms with Crippen LogP contribution in [0.4, 0.5) is 21.9 Å². The third-order valence-corrected chi connectivity index (χ3v) is 7.15. The Balaban J connectivity index is 1.69. The molecule has 14 nitrogen and oxygen atoms in total. The van der Waals surface area contributed by atoms with Crippen molar-refractivity contribution in [3.8, 4) is 11.3 Å². The van der Waals surface area contributed by atoms with Gasteiger partial charge in [0.05, 0.1) is 25.4 Å². The summed E-state index contributed by atoms with van der Waals surface area (Å²) in [5, 5.41) is 14.2. The number of nitrogens with zero attached hydrogens (tertiary/aromatic N) is 3. The Morgan fingerprint density at radius 1 is 1.20 bits per heavy atom. The maximum absolute atomic E-state index is 13.2. The Bertz CT molecular complexity index is 1590. The van der Waals surface area contributed by atoms with Gasteiger partial charge < -0.3 is 30.9 Å². The van der Waals surface area contributed by atoms with Crippen LogP contribution in [0.1, 0.15) is 60.5 Å². The Kier molecular flexibility index (Phi) is 11.4. The standard InChI is InChI=1S/C30H36ClN9O5/c1-3-45-29(42)27-26-21-11-10-20(36-30(43)44-2)16-23(21)34-14-6-4-5-7-22(28(38-26)39-27)37-25(41)13-8-18-15-19(31)9-12-24(18)40(33)17-35-32/h8-13,15-17,22,34H,3-7,14,32-33H2,1-2H3,(H,36,43)(H,37,41)(H,38,39)/b13-8+,35-17-/t22-/m0/s1. The molecule has 0 fully saturated rings. The summed E-state index contributed by atoms with van der Waals surface area (Å²) >= 11 is 6.19. The van der Waals surface area contributed by atoms with Crippen LogP contribution in [0.5, 0.6) is 0 Å². The number of fused-ring (bicyclic) bond motifs is 4. The van der Waals surface area contributed by atoms with Crippen LogP contribution in [0.25, 0.3) is 17.3 Å². The Morgan fingerprint density at radius 2 is 2.02 bits per heavy atom. The number of aromatic amines is 1. The van der Waals surface area contributed by atoms with Crippen molar-refractivity contribution in [2.24, 2.45) is 16.8 Å². The largest absolute Gasteiger partial charge is 0.461 e. The fourth-order valence-corrected chi connectivity index (χ4v) is 4.99. The fraction of sp³-hybridized carbons (Fsp3) is 0.300. The lowest BCUT2D eigenvalue weighted by Crippen LogP contribution is -2.30. The molecule has 2 heterocycles. The van der Waals surface area contributed by atoms with Crippen LogP contribution in [0.2, 0.25) is 5.02 Å². The van der Waals surface area contributed by atoms with Gasteiger partial charge in [-0.25, -0.2) is 20.4 Å². The number of amides is 2. The van der Waals surface area contributed by atoms with E-state index in [1.165, 1.54) is 24.5 Å². The van der Waals surface area contributed by atoms with Gasteiger partial charge in [0.15, 0.2) is 5.69 Å². The Labute approximate surface area is 265 Å². The Morgan fingerprint density at radius 3 is 2.78 bits per heavy atom. The van der Waals surface area contributed by atoms with E-state index in [1.807, 2.05) is 0 Å². The molecule has 2 amide bonds. The maximum atomic E-state index is 13.2. The molecule has 3 aromatic rings. The third kappa shape index (κ3) is 8.52. The number of carbonyl (C=O) groups is 3. The molecule has 1 aliphatic heterocycles. The number of halogens is 1. The molecule has 0 saturated heterocycles. The lowest BCUT2D eigenvalue weighted by atomic mass is 10.0. The van der Waals surface area contributed by atoms with E-state index in [0.717, 1.165) is 19.3 Å². The van der Waals surface area contributed by atoms with Crippen LogP contribution in [0.3, 0.4) is 0 Å². The summed E-state index contributed by atoms with van der Waals surface area (Å²) in [4.78, 5) is 46.0. The highest BCUT2D eigenvalue weighted by molar-refractivity contribution is 6.30. The summed E-state index contributed by atoms with van der Waals surface area (Å²) in [5.74, 6) is 10.6. The van der Waals surface area contributed by atoms with E-state index in [4.69, 9.17) is 37.7 Å². The molecular formula is C30H36ClN9O5. The summed E-state index contributed by atoms with van der Waals surface area (Å²) in [6.07, 6.45) is 6.61. The molecule has 2 bridgehead atoms. The molecule has 0 unspecified atom stereocenters. The molecule has 8 N–H and O–H groups in total. The summed E-state index contributed by atoms with van der Waals surface area (Å²) in [5.41, 5.74) is 3.35. The summed E-state index contributed by atoms with van der Waals surface area (Å²) in [6.45, 7) is 2.51. The summed E-state index contributed by atoms with van der Waals surface area (Å²) < 4.78 is 10.0. The van der Waals surface area contributed by atoms with Crippen molar-refractivity contribution in [1.29, 1.82) is 0 Å². The minimum atomic E-state index is -0.610. The summed E-state index contributed by atoms with van der Waals surface area (Å²) in [7, 11) is 1.28. The summed E-state index contributed by atoms with van der Waals surface area (Å²) in [6, 6.07) is 9.62. The second-order valence-electron chi connectivity index (χ2n) is 9.99. The zero-order valence-electron chi connectivity index (χ0n) is 24.9. The van der Waals surface area contributed by atoms with E-state index in [0.29, 0.717) is 57.7 Å². The zero-order valence-corrected chi connectivity index (χ0v) is 25.7. The highest BCUT2D eigenvalue weighted by Gasteiger charge is 2.26. The molecule has 1 atom stereocenters. The number of imidazole rings is 1. The Hall–Kier alpha value is -5.08. The van der Waals surface area contributed by atoms with Crippen molar-refractivity contribution in [3.63, 3.8) is 0 Å². The average molecular weight is 638 g/mol. The van der Waals surface area contributed by atoms with Gasteiger partial charge in [-0.15, -0.1) is 0 Å². The second kappa shape index (κ2) is 15.6. The van der Waals surface area contributed by atoms with Crippen LogP contribution >= 0.6 is 11.6 Å². The van der Waals surface area contributed by atoms with E-state index in [2.05, 4.69) is 26.0 Å². The van der Waals surface area contributed by atoms with Gasteiger partial charge in [0.2, 0.25) is 5.91 Å². The number of rotatable bonds is 8. The highest BCUT2D eigenvalue weighted by Crippen LogP contribution is 2.34. The molecule has 4 rings (SSSR count). The number of benzene rings is 2. The number of nitrogens with one attached hydrogen (secondary N) is 4. The third-order valence-electron chi connectivity index (χ3n) is 6.91. The minimum absolute atomic E-state index is 0.144. The van der Waals surface area contributed by atoms with Gasteiger partial charge in [0.25, 0.3) is 0 Å². The predicted octanol–water partition coefficient (Wildman–Crippen LogP) is 4.52. The molecule has 1 aromatic heterocycles. The normalized spacial score (nSPS) is 14.9. The topological polar surface area (TPSA) is 202 Å². The van der Waals surface area contributed by atoms with Gasteiger partial charge in [-0.05, 0) is 62.2 Å². The van der Waals surface area contributed by atoms with Gasteiger partial charge >= 0.3 is 12.1 Å². The van der Waals surface area contributed by atoms with E-state index >= 15 is 0 Å². The van der Waals surface area contributed by atoms with Gasteiger partial charge in [0, 0.05) is 40.1 Å². The van der Waals surface area contributed by atoms with Crippen molar-refractivity contribution >= 4 is 59.0 Å². The number of carbonyl (C=O) groups excluding carboxylic acids is 3. The quantitative estimate of drug-likeness (QED) is 0.0509. The van der Waals surface area contributed by atoms with Crippen molar-refractivity contribution in [1.82, 2.24) is 15.3 Å². The molecule has 0 aliphatic carbocycles. The number of methoxy groups -OCH3 is 1. The minimum Gasteiger partial charge on any atom is -0.461 e. The van der Waals surface area contributed by atoms with Gasteiger partial charge in [-0.2, -0.15) is 5.10 Å². The lowest BCUT2D eigenvalue weighted by molar-refractivity contribution is -0.117. The first kappa shape index (κ1) is 32.8. The molecule has 0 saturated carbocycles. The number of esters is 1. The highest BCUT2D eigenvalue weighted by atomic mass is 35.5. The van der Waals surface area contributed by atoms with Crippen molar-refractivity contribution in [2.45, 2.75) is 38.6 Å². The first-order valence-electron chi connectivity index (χ1n) is 14.3. The number of H-pyrrole nitrogens is 1. The first-order valence-corrected chi connectivity index (χ1v) is 14.7. The van der Waals surface area contributed by atoms with Gasteiger partial charge in [0.1, 0.15) is 17.9 Å². The van der Waals surface area contributed by atoms with Crippen LogP contribution < -0.4 is 32.6 Å².